The molecule has 0 saturated carbocycles. The number of carbonyl (C=O) groups excluding carboxylic acids is 2. The van der Waals surface area contributed by atoms with Crippen LogP contribution in [0.15, 0.2) is 48.5 Å². The molecule has 0 aliphatic carbocycles. The van der Waals surface area contributed by atoms with E-state index in [9.17, 15) is 9.59 Å². The molecule has 29 heavy (non-hydrogen) atoms. The maximum Gasteiger partial charge on any atom is 0.318 e. The summed E-state index contributed by atoms with van der Waals surface area (Å²) in [6.07, 6.45) is 1.48. The Morgan fingerprint density at radius 2 is 1.90 bits per heavy atom. The number of urea groups is 1. The van der Waals surface area contributed by atoms with Gasteiger partial charge in [0, 0.05) is 30.2 Å². The maximum atomic E-state index is 13.0. The average molecular weight is 434 g/mol. The second kappa shape index (κ2) is 9.51. The van der Waals surface area contributed by atoms with Crippen LogP contribution in [0.5, 0.6) is 0 Å². The second-order valence-electron chi connectivity index (χ2n) is 7.40. The molecule has 1 saturated heterocycles. The van der Waals surface area contributed by atoms with Crippen LogP contribution in [0.2, 0.25) is 10.0 Å². The molecule has 1 N–H and O–H groups in total. The molecule has 2 aromatic carbocycles. The SMILES string of the molecule is CC(NC(=O)N1CCC[C@@H]1C(=O)N(C)Cc1ccc(Cl)cc1)c1cccc(Cl)c1. The van der Waals surface area contributed by atoms with E-state index in [-0.39, 0.29) is 18.0 Å². The summed E-state index contributed by atoms with van der Waals surface area (Å²) in [6, 6.07) is 13.9. The molecule has 0 aromatic heterocycles. The van der Waals surface area contributed by atoms with Gasteiger partial charge in [0.15, 0.2) is 0 Å². The maximum absolute atomic E-state index is 13.0. The van der Waals surface area contributed by atoms with Crippen molar-refractivity contribution < 1.29 is 9.59 Å². The van der Waals surface area contributed by atoms with Gasteiger partial charge in [0.1, 0.15) is 6.04 Å². The highest BCUT2D eigenvalue weighted by atomic mass is 35.5. The molecule has 5 nitrogen and oxygen atoms in total. The number of likely N-dealkylation sites (tertiary alicyclic amines) is 1. The molecule has 0 spiro atoms. The summed E-state index contributed by atoms with van der Waals surface area (Å²) in [7, 11) is 1.76. The Morgan fingerprint density at radius 3 is 2.59 bits per heavy atom. The number of hydrogen-bond acceptors (Lipinski definition) is 2. The van der Waals surface area contributed by atoms with Crippen LogP contribution in [0.3, 0.4) is 0 Å². The van der Waals surface area contributed by atoms with Crippen LogP contribution >= 0.6 is 23.2 Å². The Morgan fingerprint density at radius 1 is 1.17 bits per heavy atom. The summed E-state index contributed by atoms with van der Waals surface area (Å²) >= 11 is 12.0. The zero-order valence-electron chi connectivity index (χ0n) is 16.6. The van der Waals surface area contributed by atoms with E-state index in [1.165, 1.54) is 0 Å². The van der Waals surface area contributed by atoms with Crippen molar-refractivity contribution in [3.63, 3.8) is 0 Å². The Balaban J connectivity index is 1.62. The molecular weight excluding hydrogens is 409 g/mol. The van der Waals surface area contributed by atoms with Gasteiger partial charge < -0.3 is 15.1 Å². The van der Waals surface area contributed by atoms with E-state index in [0.717, 1.165) is 17.5 Å². The molecule has 2 aromatic rings. The summed E-state index contributed by atoms with van der Waals surface area (Å²) in [5, 5.41) is 4.28. The molecule has 1 aliphatic heterocycles. The van der Waals surface area contributed by atoms with Crippen LogP contribution in [-0.4, -0.2) is 41.4 Å². The normalized spacial score (nSPS) is 17.1. The number of halogens is 2. The van der Waals surface area contributed by atoms with Crippen molar-refractivity contribution in [1.29, 1.82) is 0 Å². The smallest absolute Gasteiger partial charge is 0.318 e. The molecule has 1 fully saturated rings. The minimum absolute atomic E-state index is 0.0528. The third-order valence-corrected chi connectivity index (χ3v) is 5.68. The van der Waals surface area contributed by atoms with Gasteiger partial charge in [-0.2, -0.15) is 0 Å². The van der Waals surface area contributed by atoms with Gasteiger partial charge in [0.2, 0.25) is 5.91 Å². The van der Waals surface area contributed by atoms with Crippen molar-refractivity contribution in [2.75, 3.05) is 13.6 Å². The highest BCUT2D eigenvalue weighted by Crippen LogP contribution is 2.22. The summed E-state index contributed by atoms with van der Waals surface area (Å²) in [4.78, 5) is 29.1. The van der Waals surface area contributed by atoms with Crippen LogP contribution < -0.4 is 5.32 Å². The van der Waals surface area contributed by atoms with Crippen LogP contribution in [-0.2, 0) is 11.3 Å². The molecule has 3 rings (SSSR count). The summed E-state index contributed by atoms with van der Waals surface area (Å²) in [6.45, 7) is 2.95. The van der Waals surface area contributed by atoms with Crippen molar-refractivity contribution in [2.45, 2.75) is 38.4 Å². The van der Waals surface area contributed by atoms with Gasteiger partial charge in [-0.3, -0.25) is 4.79 Å². The van der Waals surface area contributed by atoms with Crippen molar-refractivity contribution >= 4 is 35.1 Å². The van der Waals surface area contributed by atoms with Crippen LogP contribution in [0, 0.1) is 0 Å². The standard InChI is InChI=1S/C22H25Cl2N3O2/c1-15(17-5-3-6-19(24)13-17)25-22(29)27-12-4-7-20(27)21(28)26(2)14-16-8-10-18(23)11-9-16/h3,5-6,8-11,13,15,20H,4,7,12,14H2,1-2H3,(H,25,29)/t15?,20-/m1/s1. The third kappa shape index (κ3) is 5.43. The molecule has 7 heteroatoms. The lowest BCUT2D eigenvalue weighted by molar-refractivity contribution is -0.134. The molecule has 2 atom stereocenters. The zero-order chi connectivity index (χ0) is 21.0. The van der Waals surface area contributed by atoms with E-state index in [1.54, 1.807) is 22.9 Å². The number of amides is 3. The first kappa shape index (κ1) is 21.5. The number of likely N-dealkylation sites (N-methyl/N-ethyl adjacent to an activating group) is 1. The Kier molecular flexibility index (Phi) is 7.04. The quantitative estimate of drug-likeness (QED) is 0.729. The summed E-state index contributed by atoms with van der Waals surface area (Å²) in [5.41, 5.74) is 1.92. The van der Waals surface area contributed by atoms with Crippen molar-refractivity contribution in [2.24, 2.45) is 0 Å². The first-order chi connectivity index (χ1) is 13.8. The summed E-state index contributed by atoms with van der Waals surface area (Å²) < 4.78 is 0. The summed E-state index contributed by atoms with van der Waals surface area (Å²) in [5.74, 6) is -0.0528. The first-order valence-electron chi connectivity index (χ1n) is 9.67. The monoisotopic (exact) mass is 433 g/mol. The van der Waals surface area contributed by atoms with E-state index >= 15 is 0 Å². The van der Waals surface area contributed by atoms with E-state index in [0.29, 0.717) is 29.6 Å². The van der Waals surface area contributed by atoms with E-state index in [1.807, 2.05) is 49.4 Å². The fraction of sp³-hybridized carbons (Fsp3) is 0.364. The molecule has 154 valence electrons. The average Bonchev–Trinajstić information content (AvgIpc) is 3.19. The minimum atomic E-state index is -0.445. The van der Waals surface area contributed by atoms with Crippen molar-refractivity contribution in [3.05, 3.63) is 69.7 Å². The largest absolute Gasteiger partial charge is 0.340 e. The van der Waals surface area contributed by atoms with Gasteiger partial charge in [0.25, 0.3) is 0 Å². The van der Waals surface area contributed by atoms with Gasteiger partial charge in [-0.05, 0) is 55.2 Å². The van der Waals surface area contributed by atoms with Crippen LogP contribution in [0.4, 0.5) is 4.79 Å². The van der Waals surface area contributed by atoms with Gasteiger partial charge in [-0.1, -0.05) is 47.5 Å². The number of hydrogen-bond donors (Lipinski definition) is 1. The molecule has 1 aliphatic rings. The number of nitrogens with one attached hydrogen (secondary N) is 1. The van der Waals surface area contributed by atoms with E-state index < -0.39 is 6.04 Å². The van der Waals surface area contributed by atoms with Crippen molar-refractivity contribution in [3.8, 4) is 0 Å². The van der Waals surface area contributed by atoms with Gasteiger partial charge in [-0.25, -0.2) is 4.79 Å². The topological polar surface area (TPSA) is 52.7 Å². The predicted octanol–water partition coefficient (Wildman–Crippen LogP) is 4.89. The highest BCUT2D eigenvalue weighted by Gasteiger charge is 2.36. The fourth-order valence-corrected chi connectivity index (χ4v) is 3.91. The lowest BCUT2D eigenvalue weighted by Gasteiger charge is -2.29. The molecule has 1 heterocycles. The van der Waals surface area contributed by atoms with E-state index in [4.69, 9.17) is 23.2 Å². The minimum Gasteiger partial charge on any atom is -0.340 e. The first-order valence-corrected chi connectivity index (χ1v) is 10.4. The lowest BCUT2D eigenvalue weighted by Crippen LogP contribution is -2.50. The van der Waals surface area contributed by atoms with Crippen molar-refractivity contribution in [1.82, 2.24) is 15.1 Å². The van der Waals surface area contributed by atoms with Gasteiger partial charge in [0.05, 0.1) is 6.04 Å². The molecule has 0 radical (unpaired) electrons. The molecular formula is C22H25Cl2N3O2. The lowest BCUT2D eigenvalue weighted by atomic mass is 10.1. The third-order valence-electron chi connectivity index (χ3n) is 5.20. The number of nitrogens with zero attached hydrogens (tertiary/aromatic N) is 2. The Hall–Kier alpha value is -2.24. The second-order valence-corrected chi connectivity index (χ2v) is 8.27. The fourth-order valence-electron chi connectivity index (χ4n) is 3.59. The van der Waals surface area contributed by atoms with E-state index in [2.05, 4.69) is 5.32 Å². The number of benzene rings is 2. The molecule has 0 bridgehead atoms. The number of carbonyl (C=O) groups is 2. The van der Waals surface area contributed by atoms with Gasteiger partial charge >= 0.3 is 6.03 Å². The number of rotatable bonds is 5. The Bertz CT molecular complexity index is 873. The van der Waals surface area contributed by atoms with Crippen LogP contribution in [0.25, 0.3) is 0 Å². The zero-order valence-corrected chi connectivity index (χ0v) is 18.1. The molecule has 1 unspecified atom stereocenters. The highest BCUT2D eigenvalue weighted by molar-refractivity contribution is 6.30. The van der Waals surface area contributed by atoms with Crippen LogP contribution in [0.1, 0.15) is 36.9 Å². The predicted molar refractivity (Wildman–Crippen MR) is 116 cm³/mol. The molecule has 3 amide bonds. The Labute approximate surface area is 181 Å². The van der Waals surface area contributed by atoms with Gasteiger partial charge in [-0.15, -0.1) is 0 Å².